The van der Waals surface area contributed by atoms with Gasteiger partial charge in [0.15, 0.2) is 6.61 Å². The van der Waals surface area contributed by atoms with Gasteiger partial charge in [-0.05, 0) is 51.7 Å². The second-order valence-corrected chi connectivity index (χ2v) is 11.3. The first-order valence-corrected chi connectivity index (χ1v) is 14.0. The van der Waals surface area contributed by atoms with Gasteiger partial charge in [-0.15, -0.1) is 11.3 Å². The highest BCUT2D eigenvalue weighted by Crippen LogP contribution is 2.41. The van der Waals surface area contributed by atoms with Crippen molar-refractivity contribution >= 4 is 23.2 Å². The number of pyridine rings is 1. The third kappa shape index (κ3) is 4.52. The minimum Gasteiger partial charge on any atom is -0.482 e. The Bertz CT molecular complexity index is 1370. The third-order valence-corrected chi connectivity index (χ3v) is 8.50. The Balaban J connectivity index is 1.24. The number of imidazole rings is 1. The van der Waals surface area contributed by atoms with Crippen LogP contribution in [0.3, 0.4) is 0 Å². The molecule has 0 spiro atoms. The van der Waals surface area contributed by atoms with Crippen molar-refractivity contribution in [3.05, 3.63) is 56.3 Å². The molecule has 1 fully saturated rings. The Morgan fingerprint density at radius 1 is 1.14 bits per heavy atom. The fourth-order valence-electron chi connectivity index (χ4n) is 5.44. The van der Waals surface area contributed by atoms with Crippen LogP contribution < -0.4 is 10.1 Å². The predicted octanol–water partition coefficient (Wildman–Crippen LogP) is 3.31. The number of thiazole rings is 1. The van der Waals surface area contributed by atoms with Gasteiger partial charge in [0.2, 0.25) is 0 Å². The molecule has 194 valence electrons. The fraction of sp³-hybridized carbons (Fsp3) is 0.519. The monoisotopic (exact) mass is 520 g/mol. The maximum Gasteiger partial charge on any atom is 0.270 e. The van der Waals surface area contributed by atoms with Gasteiger partial charge in [-0.25, -0.2) is 15.0 Å². The highest BCUT2D eigenvalue weighted by atomic mass is 32.1. The van der Waals surface area contributed by atoms with E-state index in [9.17, 15) is 9.59 Å². The summed E-state index contributed by atoms with van der Waals surface area (Å²) < 4.78 is 8.35. The number of hydrogen-bond donors (Lipinski definition) is 1. The van der Waals surface area contributed by atoms with Gasteiger partial charge in [-0.3, -0.25) is 9.59 Å². The number of aryl methyl sites for hydroxylation is 4. The van der Waals surface area contributed by atoms with E-state index in [1.807, 2.05) is 25.7 Å². The maximum atomic E-state index is 13.7. The SMILES string of the molecule is CCc1nc(C(=O)NC2CC2)ccc1OCC(=O)N1CCc2nc3n(c2[C@@H]1c1sc(C)nc1C)CCC3. The van der Waals surface area contributed by atoms with Crippen LogP contribution in [-0.4, -0.2) is 55.4 Å². The van der Waals surface area contributed by atoms with Crippen molar-refractivity contribution in [3.8, 4) is 5.75 Å². The molecule has 10 heteroatoms. The molecule has 3 aliphatic rings. The highest BCUT2D eigenvalue weighted by Gasteiger charge is 2.39. The van der Waals surface area contributed by atoms with Crippen LogP contribution >= 0.6 is 11.3 Å². The van der Waals surface area contributed by atoms with Crippen LogP contribution in [0.4, 0.5) is 0 Å². The quantitative estimate of drug-likeness (QED) is 0.513. The van der Waals surface area contributed by atoms with Gasteiger partial charge in [-0.1, -0.05) is 6.92 Å². The predicted molar refractivity (Wildman–Crippen MR) is 139 cm³/mol. The lowest BCUT2D eigenvalue weighted by Gasteiger charge is -2.36. The van der Waals surface area contributed by atoms with Gasteiger partial charge in [0.05, 0.1) is 32.7 Å². The molecule has 3 aromatic heterocycles. The van der Waals surface area contributed by atoms with Crippen molar-refractivity contribution in [3.63, 3.8) is 0 Å². The Morgan fingerprint density at radius 2 is 1.97 bits per heavy atom. The van der Waals surface area contributed by atoms with E-state index in [0.29, 0.717) is 30.1 Å². The Kier molecular flexibility index (Phi) is 6.22. The lowest BCUT2D eigenvalue weighted by molar-refractivity contribution is -0.135. The smallest absolute Gasteiger partial charge is 0.270 e. The van der Waals surface area contributed by atoms with Gasteiger partial charge in [0.25, 0.3) is 11.8 Å². The number of aromatic nitrogens is 4. The summed E-state index contributed by atoms with van der Waals surface area (Å²) in [5, 5.41) is 3.96. The molecule has 0 radical (unpaired) electrons. The molecule has 1 saturated carbocycles. The maximum absolute atomic E-state index is 13.7. The summed E-state index contributed by atoms with van der Waals surface area (Å²) in [6, 6.07) is 3.50. The number of ether oxygens (including phenoxy) is 1. The number of hydrogen-bond acceptors (Lipinski definition) is 7. The number of rotatable bonds is 7. The standard InChI is InChI=1S/C27H32N6O3S/c1-4-18-21(10-9-20(30-18)27(35)29-17-7-8-17)36-14-23(34)33-13-11-19-24(32-12-5-6-22(32)31-19)25(33)26-15(2)28-16(3)37-26/h9-10,17,25H,4-8,11-14H2,1-3H3,(H,29,35)/t25-/m1/s1. The summed E-state index contributed by atoms with van der Waals surface area (Å²) >= 11 is 1.65. The molecule has 2 amide bonds. The Labute approximate surface area is 220 Å². The van der Waals surface area contributed by atoms with E-state index in [-0.39, 0.29) is 30.5 Å². The van der Waals surface area contributed by atoms with E-state index in [2.05, 4.69) is 19.9 Å². The minimum atomic E-state index is -0.206. The van der Waals surface area contributed by atoms with Gasteiger partial charge in [0.1, 0.15) is 23.3 Å². The normalized spacial score (nSPS) is 18.5. The summed E-state index contributed by atoms with van der Waals surface area (Å²) in [5.41, 5.74) is 4.27. The van der Waals surface area contributed by atoms with Gasteiger partial charge in [-0.2, -0.15) is 0 Å². The fourth-order valence-corrected chi connectivity index (χ4v) is 6.49. The van der Waals surface area contributed by atoms with Crippen LogP contribution in [0.25, 0.3) is 0 Å². The highest BCUT2D eigenvalue weighted by molar-refractivity contribution is 7.11. The van der Waals surface area contributed by atoms with E-state index in [0.717, 1.165) is 71.4 Å². The molecule has 0 bridgehead atoms. The average Bonchev–Trinajstić information content (AvgIpc) is 3.30. The van der Waals surface area contributed by atoms with Crippen molar-refractivity contribution in [1.82, 2.24) is 29.7 Å². The zero-order valence-electron chi connectivity index (χ0n) is 21.5. The molecule has 37 heavy (non-hydrogen) atoms. The molecule has 3 aromatic rings. The van der Waals surface area contributed by atoms with Gasteiger partial charge < -0.3 is 19.5 Å². The van der Waals surface area contributed by atoms with Crippen molar-refractivity contribution in [1.29, 1.82) is 0 Å². The number of nitrogens with zero attached hydrogens (tertiary/aromatic N) is 5. The van der Waals surface area contributed by atoms with Crippen LogP contribution in [0.15, 0.2) is 12.1 Å². The van der Waals surface area contributed by atoms with E-state index < -0.39 is 0 Å². The number of carbonyl (C=O) groups excluding carboxylic acids is 2. The van der Waals surface area contributed by atoms with Crippen molar-refractivity contribution in [2.24, 2.45) is 0 Å². The molecule has 2 aliphatic heterocycles. The molecular formula is C27H32N6O3S. The molecule has 0 unspecified atom stereocenters. The molecule has 5 heterocycles. The summed E-state index contributed by atoms with van der Waals surface area (Å²) in [6.45, 7) is 7.44. The minimum absolute atomic E-state index is 0.0766. The van der Waals surface area contributed by atoms with E-state index >= 15 is 0 Å². The molecule has 0 aromatic carbocycles. The van der Waals surface area contributed by atoms with Gasteiger partial charge >= 0.3 is 0 Å². The molecule has 1 N–H and O–H groups in total. The first kappa shape index (κ1) is 24.1. The van der Waals surface area contributed by atoms with E-state index in [1.165, 1.54) is 0 Å². The Morgan fingerprint density at radius 3 is 2.70 bits per heavy atom. The van der Waals surface area contributed by atoms with Gasteiger partial charge in [0, 0.05) is 32.0 Å². The summed E-state index contributed by atoms with van der Waals surface area (Å²) in [4.78, 5) is 43.3. The third-order valence-electron chi connectivity index (χ3n) is 7.38. The van der Waals surface area contributed by atoms with Crippen molar-refractivity contribution in [2.45, 2.75) is 77.9 Å². The number of carbonyl (C=O) groups is 2. The molecule has 9 nitrogen and oxygen atoms in total. The lowest BCUT2D eigenvalue weighted by atomic mass is 9.99. The largest absolute Gasteiger partial charge is 0.482 e. The van der Waals surface area contributed by atoms with E-state index in [1.54, 1.807) is 23.5 Å². The first-order valence-electron chi connectivity index (χ1n) is 13.2. The molecule has 0 saturated heterocycles. The first-order chi connectivity index (χ1) is 17.9. The van der Waals surface area contributed by atoms with Crippen LogP contribution in [-0.2, 0) is 30.6 Å². The van der Waals surface area contributed by atoms with Crippen LogP contribution in [0, 0.1) is 13.8 Å². The Hall–Kier alpha value is -3.27. The van der Waals surface area contributed by atoms with Crippen LogP contribution in [0.5, 0.6) is 5.75 Å². The number of nitrogens with one attached hydrogen (secondary N) is 1. The molecule has 1 atom stereocenters. The molecular weight excluding hydrogens is 488 g/mol. The summed E-state index contributed by atoms with van der Waals surface area (Å²) in [7, 11) is 0. The van der Waals surface area contributed by atoms with Crippen LogP contribution in [0.1, 0.15) is 81.2 Å². The zero-order chi connectivity index (χ0) is 25.7. The van der Waals surface area contributed by atoms with Crippen LogP contribution in [0.2, 0.25) is 0 Å². The zero-order valence-corrected chi connectivity index (χ0v) is 22.4. The molecule has 6 rings (SSSR count). The lowest BCUT2D eigenvalue weighted by Crippen LogP contribution is -2.43. The summed E-state index contributed by atoms with van der Waals surface area (Å²) in [5.74, 6) is 1.44. The van der Waals surface area contributed by atoms with Crippen molar-refractivity contribution in [2.75, 3.05) is 13.2 Å². The average molecular weight is 521 g/mol. The second kappa shape index (κ2) is 9.55. The van der Waals surface area contributed by atoms with Crippen molar-refractivity contribution < 1.29 is 14.3 Å². The molecule has 1 aliphatic carbocycles. The number of amides is 2. The topological polar surface area (TPSA) is 102 Å². The second-order valence-electron chi connectivity index (χ2n) is 10.1. The van der Waals surface area contributed by atoms with E-state index in [4.69, 9.17) is 9.72 Å². The summed E-state index contributed by atoms with van der Waals surface area (Å²) in [6.07, 6.45) is 5.46. The number of fused-ring (bicyclic) bond motifs is 3.